The van der Waals surface area contributed by atoms with E-state index in [1.807, 2.05) is 18.2 Å². The van der Waals surface area contributed by atoms with Crippen molar-refractivity contribution in [2.24, 2.45) is 0 Å². The zero-order chi connectivity index (χ0) is 33.7. The lowest BCUT2D eigenvalue weighted by Gasteiger charge is -2.27. The van der Waals surface area contributed by atoms with Crippen molar-refractivity contribution in [1.29, 1.82) is 0 Å². The van der Waals surface area contributed by atoms with Gasteiger partial charge in [-0.1, -0.05) is 127 Å². The molecule has 8 aromatic carbocycles. The van der Waals surface area contributed by atoms with Crippen molar-refractivity contribution in [3.63, 3.8) is 0 Å². The van der Waals surface area contributed by atoms with Crippen LogP contribution in [0.2, 0.25) is 0 Å². The molecule has 0 spiro atoms. The van der Waals surface area contributed by atoms with Gasteiger partial charge in [0.25, 0.3) is 0 Å². The maximum atomic E-state index is 6.77. The number of rotatable bonds is 6. The normalized spacial score (nSPS) is 11.5. The molecule has 0 N–H and O–H groups in total. The van der Waals surface area contributed by atoms with Crippen molar-refractivity contribution in [1.82, 2.24) is 0 Å². The molecule has 0 atom stereocenters. The molecule has 10 aromatic rings. The molecular weight excluding hydrogens is 623 g/mol. The maximum Gasteiger partial charge on any atom is 0.145 e. The van der Waals surface area contributed by atoms with E-state index in [1.54, 1.807) is 0 Å². The van der Waals surface area contributed by atoms with Gasteiger partial charge >= 0.3 is 0 Å². The molecular formula is C48H31NO2. The molecule has 0 aliphatic carbocycles. The first-order valence-electron chi connectivity index (χ1n) is 17.3. The zero-order valence-corrected chi connectivity index (χ0v) is 27.7. The Hall–Kier alpha value is -6.84. The van der Waals surface area contributed by atoms with E-state index in [0.29, 0.717) is 0 Å². The summed E-state index contributed by atoms with van der Waals surface area (Å²) in [5.74, 6) is 0. The average Bonchev–Trinajstić information content (AvgIpc) is 3.78. The lowest BCUT2D eigenvalue weighted by molar-refractivity contribution is 0.668. The second kappa shape index (κ2) is 11.9. The van der Waals surface area contributed by atoms with E-state index in [9.17, 15) is 0 Å². The number of hydrogen-bond donors (Lipinski definition) is 0. The van der Waals surface area contributed by atoms with E-state index < -0.39 is 0 Å². The van der Waals surface area contributed by atoms with Crippen LogP contribution < -0.4 is 4.90 Å². The number of para-hydroxylation sites is 2. The molecule has 0 fully saturated rings. The van der Waals surface area contributed by atoms with Gasteiger partial charge in [-0.3, -0.25) is 0 Å². The molecule has 0 saturated carbocycles. The first-order chi connectivity index (χ1) is 25.3. The molecule has 2 heterocycles. The van der Waals surface area contributed by atoms with Crippen molar-refractivity contribution in [2.45, 2.75) is 0 Å². The van der Waals surface area contributed by atoms with E-state index in [-0.39, 0.29) is 0 Å². The van der Waals surface area contributed by atoms with E-state index in [4.69, 9.17) is 8.83 Å². The van der Waals surface area contributed by atoms with Crippen LogP contribution in [0.4, 0.5) is 17.1 Å². The predicted molar refractivity (Wildman–Crippen MR) is 212 cm³/mol. The van der Waals surface area contributed by atoms with Gasteiger partial charge in [-0.2, -0.15) is 0 Å². The summed E-state index contributed by atoms with van der Waals surface area (Å²) in [5, 5.41) is 4.36. The molecule has 0 unspecified atom stereocenters. The highest BCUT2D eigenvalue weighted by Crippen LogP contribution is 2.47. The summed E-state index contributed by atoms with van der Waals surface area (Å²) in [6.45, 7) is 0. The van der Waals surface area contributed by atoms with E-state index in [0.717, 1.165) is 72.1 Å². The third-order valence-corrected chi connectivity index (χ3v) is 9.90. The Morgan fingerprint density at radius 2 is 0.824 bits per heavy atom. The molecule has 10 rings (SSSR count). The lowest BCUT2D eigenvalue weighted by Crippen LogP contribution is -2.10. The molecule has 3 heteroatoms. The van der Waals surface area contributed by atoms with Crippen molar-refractivity contribution in [3.8, 4) is 33.4 Å². The number of furan rings is 2. The minimum atomic E-state index is 0.843. The molecule has 0 saturated heterocycles. The molecule has 0 aliphatic rings. The fraction of sp³-hybridized carbons (Fsp3) is 0. The van der Waals surface area contributed by atoms with Gasteiger partial charge in [0.1, 0.15) is 22.3 Å². The van der Waals surface area contributed by atoms with Gasteiger partial charge in [-0.25, -0.2) is 0 Å². The summed E-state index contributed by atoms with van der Waals surface area (Å²) >= 11 is 0. The van der Waals surface area contributed by atoms with Crippen LogP contribution in [0.1, 0.15) is 0 Å². The largest absolute Gasteiger partial charge is 0.456 e. The standard InChI is InChI=1S/C48H31NO2/c1-3-11-32(12-4-1)34-19-24-37(25-20-34)49(38-26-21-35(22-27-38)33-13-5-2-6-14-33)43-30-29-39(48-47(43)42-16-8-10-18-45(42)51-48)36-23-28-41-40-15-7-9-17-44(40)50-46(41)31-36/h1-31H. The lowest BCUT2D eigenvalue weighted by atomic mass is 9.98. The highest BCUT2D eigenvalue weighted by Gasteiger charge is 2.23. The van der Waals surface area contributed by atoms with Crippen LogP contribution in [0.15, 0.2) is 197 Å². The summed E-state index contributed by atoms with van der Waals surface area (Å²) in [6.07, 6.45) is 0. The number of benzene rings is 8. The van der Waals surface area contributed by atoms with Crippen LogP contribution in [0, 0.1) is 0 Å². The van der Waals surface area contributed by atoms with Gasteiger partial charge in [-0.05, 0) is 88.5 Å². The zero-order valence-electron chi connectivity index (χ0n) is 27.7. The van der Waals surface area contributed by atoms with Crippen LogP contribution in [-0.4, -0.2) is 0 Å². The molecule has 240 valence electrons. The monoisotopic (exact) mass is 653 g/mol. The Morgan fingerprint density at radius 3 is 1.45 bits per heavy atom. The first-order valence-corrected chi connectivity index (χ1v) is 17.3. The highest BCUT2D eigenvalue weighted by atomic mass is 16.3. The first kappa shape index (κ1) is 29.1. The Morgan fingerprint density at radius 1 is 0.333 bits per heavy atom. The molecule has 0 aliphatic heterocycles. The Kier molecular flexibility index (Phi) is 6.81. The summed E-state index contributed by atoms with van der Waals surface area (Å²) in [7, 11) is 0. The van der Waals surface area contributed by atoms with Gasteiger partial charge in [-0.15, -0.1) is 0 Å². The number of anilines is 3. The molecule has 0 amide bonds. The summed E-state index contributed by atoms with van der Waals surface area (Å²) in [4.78, 5) is 2.35. The molecule has 0 radical (unpaired) electrons. The number of hydrogen-bond acceptors (Lipinski definition) is 3. The minimum absolute atomic E-state index is 0.843. The van der Waals surface area contributed by atoms with E-state index in [2.05, 4.69) is 175 Å². The summed E-state index contributed by atoms with van der Waals surface area (Å²) in [5.41, 5.74) is 13.4. The predicted octanol–water partition coefficient (Wildman–Crippen LogP) is 14.0. The van der Waals surface area contributed by atoms with Crippen LogP contribution in [-0.2, 0) is 0 Å². The number of fused-ring (bicyclic) bond motifs is 6. The third-order valence-electron chi connectivity index (χ3n) is 9.90. The molecule has 3 nitrogen and oxygen atoms in total. The van der Waals surface area contributed by atoms with Crippen LogP contribution in [0.25, 0.3) is 77.3 Å². The van der Waals surface area contributed by atoms with Crippen LogP contribution in [0.5, 0.6) is 0 Å². The SMILES string of the molecule is c1ccc(-c2ccc(N(c3ccc(-c4ccccc4)cc3)c3ccc(-c4ccc5c(c4)oc4ccccc45)c4oc5ccccc5c34)cc2)cc1. The van der Waals surface area contributed by atoms with Gasteiger partial charge in [0, 0.05) is 33.1 Å². The highest BCUT2D eigenvalue weighted by molar-refractivity contribution is 6.17. The second-order valence-electron chi connectivity index (χ2n) is 12.9. The molecule has 2 aromatic heterocycles. The summed E-state index contributed by atoms with van der Waals surface area (Å²) in [6, 6.07) is 66.1. The molecule has 51 heavy (non-hydrogen) atoms. The topological polar surface area (TPSA) is 29.5 Å². The Labute approximate surface area is 295 Å². The van der Waals surface area contributed by atoms with Crippen LogP contribution in [0.3, 0.4) is 0 Å². The average molecular weight is 654 g/mol. The van der Waals surface area contributed by atoms with Crippen molar-refractivity contribution < 1.29 is 8.83 Å². The van der Waals surface area contributed by atoms with E-state index in [1.165, 1.54) is 22.3 Å². The molecule has 0 bridgehead atoms. The Bertz CT molecular complexity index is 2750. The Balaban J connectivity index is 1.18. The second-order valence-corrected chi connectivity index (χ2v) is 12.9. The van der Waals surface area contributed by atoms with Crippen LogP contribution >= 0.6 is 0 Å². The number of nitrogens with zero attached hydrogens (tertiary/aromatic N) is 1. The fourth-order valence-electron chi connectivity index (χ4n) is 7.41. The van der Waals surface area contributed by atoms with Gasteiger partial charge < -0.3 is 13.7 Å². The van der Waals surface area contributed by atoms with Crippen molar-refractivity contribution in [3.05, 3.63) is 188 Å². The summed E-state index contributed by atoms with van der Waals surface area (Å²) < 4.78 is 13.1. The smallest absolute Gasteiger partial charge is 0.145 e. The van der Waals surface area contributed by atoms with Crippen molar-refractivity contribution in [2.75, 3.05) is 4.90 Å². The van der Waals surface area contributed by atoms with Gasteiger partial charge in [0.05, 0.1) is 11.1 Å². The fourth-order valence-corrected chi connectivity index (χ4v) is 7.41. The third kappa shape index (κ3) is 4.98. The maximum absolute atomic E-state index is 6.77. The van der Waals surface area contributed by atoms with Crippen molar-refractivity contribution >= 4 is 60.9 Å². The van der Waals surface area contributed by atoms with Gasteiger partial charge in [0.15, 0.2) is 0 Å². The van der Waals surface area contributed by atoms with Gasteiger partial charge in [0.2, 0.25) is 0 Å². The quantitative estimate of drug-likeness (QED) is 0.179. The minimum Gasteiger partial charge on any atom is -0.456 e. The van der Waals surface area contributed by atoms with E-state index >= 15 is 0 Å².